The zero-order valence-corrected chi connectivity index (χ0v) is 12.4. The van der Waals surface area contributed by atoms with Crippen LogP contribution in [0.5, 0.6) is 11.5 Å². The van der Waals surface area contributed by atoms with Crippen LogP contribution < -0.4 is 4.74 Å². The number of benzene rings is 1. The molecule has 0 aliphatic rings. The van der Waals surface area contributed by atoms with Crippen molar-refractivity contribution in [1.29, 1.82) is 0 Å². The molecule has 0 heterocycles. The number of phenolic OH excluding ortho intramolecular Hbond substituents is 1. The molecular formula is C16H24O4. The summed E-state index contributed by atoms with van der Waals surface area (Å²) in [5, 5.41) is 9.46. The number of methoxy groups -OCH3 is 1. The Morgan fingerprint density at radius 2 is 1.85 bits per heavy atom. The molecule has 0 atom stereocenters. The molecule has 112 valence electrons. The lowest BCUT2D eigenvalue weighted by molar-refractivity contribution is 0.0497. The number of esters is 1. The molecule has 0 aliphatic carbocycles. The third-order valence-corrected chi connectivity index (χ3v) is 3.15. The van der Waals surface area contributed by atoms with Gasteiger partial charge in [-0.1, -0.05) is 39.0 Å². The third-order valence-electron chi connectivity index (χ3n) is 3.15. The summed E-state index contributed by atoms with van der Waals surface area (Å²) >= 11 is 0. The average Bonchev–Trinajstić information content (AvgIpc) is 2.46. The third kappa shape index (κ3) is 5.51. The summed E-state index contributed by atoms with van der Waals surface area (Å²) in [5.74, 6) is -0.0872. The van der Waals surface area contributed by atoms with Gasteiger partial charge in [0.1, 0.15) is 0 Å². The Kier molecular flexibility index (Phi) is 7.55. The second-order valence-electron chi connectivity index (χ2n) is 4.79. The number of hydrogen-bond acceptors (Lipinski definition) is 4. The first-order chi connectivity index (χ1) is 9.69. The summed E-state index contributed by atoms with van der Waals surface area (Å²) in [4.78, 5) is 11.8. The van der Waals surface area contributed by atoms with Crippen LogP contribution in [0.15, 0.2) is 18.2 Å². The minimum atomic E-state index is -0.378. The van der Waals surface area contributed by atoms with Crippen molar-refractivity contribution in [3.05, 3.63) is 23.8 Å². The Morgan fingerprint density at radius 1 is 1.15 bits per heavy atom. The van der Waals surface area contributed by atoms with E-state index in [0.717, 1.165) is 12.8 Å². The van der Waals surface area contributed by atoms with E-state index in [4.69, 9.17) is 9.47 Å². The van der Waals surface area contributed by atoms with Crippen LogP contribution in [-0.2, 0) is 4.74 Å². The van der Waals surface area contributed by atoms with E-state index in [0.29, 0.717) is 12.2 Å². The van der Waals surface area contributed by atoms with E-state index in [-0.39, 0.29) is 17.5 Å². The molecule has 0 aliphatic heterocycles. The highest BCUT2D eigenvalue weighted by molar-refractivity contribution is 5.90. The molecule has 0 aromatic heterocycles. The van der Waals surface area contributed by atoms with Crippen molar-refractivity contribution >= 4 is 5.97 Å². The lowest BCUT2D eigenvalue weighted by atomic mass is 10.1. The zero-order chi connectivity index (χ0) is 14.8. The Labute approximate surface area is 120 Å². The van der Waals surface area contributed by atoms with Gasteiger partial charge in [0.2, 0.25) is 0 Å². The molecule has 1 aromatic carbocycles. The number of ether oxygens (including phenoxy) is 2. The molecule has 0 amide bonds. The molecule has 0 bridgehead atoms. The van der Waals surface area contributed by atoms with Gasteiger partial charge in [0, 0.05) is 0 Å². The Morgan fingerprint density at radius 3 is 2.55 bits per heavy atom. The highest BCUT2D eigenvalue weighted by Gasteiger charge is 2.10. The normalized spacial score (nSPS) is 10.3. The van der Waals surface area contributed by atoms with Crippen molar-refractivity contribution < 1.29 is 19.4 Å². The van der Waals surface area contributed by atoms with Gasteiger partial charge in [0.15, 0.2) is 11.5 Å². The molecule has 0 radical (unpaired) electrons. The van der Waals surface area contributed by atoms with E-state index in [1.807, 2.05) is 0 Å². The first-order valence-corrected chi connectivity index (χ1v) is 7.23. The molecule has 4 nitrogen and oxygen atoms in total. The zero-order valence-electron chi connectivity index (χ0n) is 12.4. The first-order valence-electron chi connectivity index (χ1n) is 7.23. The molecule has 0 spiro atoms. The summed E-state index contributed by atoms with van der Waals surface area (Å²) in [7, 11) is 1.44. The lowest BCUT2D eigenvalue weighted by Crippen LogP contribution is -2.06. The fourth-order valence-corrected chi connectivity index (χ4v) is 1.94. The van der Waals surface area contributed by atoms with Crippen LogP contribution in [0.3, 0.4) is 0 Å². The number of unbranched alkanes of at least 4 members (excludes halogenated alkanes) is 5. The second-order valence-corrected chi connectivity index (χ2v) is 4.79. The van der Waals surface area contributed by atoms with E-state index >= 15 is 0 Å². The number of phenols is 1. The van der Waals surface area contributed by atoms with Gasteiger partial charge >= 0.3 is 5.97 Å². The lowest BCUT2D eigenvalue weighted by Gasteiger charge is -2.07. The molecule has 1 rings (SSSR count). The van der Waals surface area contributed by atoms with Crippen LogP contribution in [0.2, 0.25) is 0 Å². The number of hydrogen-bond donors (Lipinski definition) is 1. The van der Waals surface area contributed by atoms with E-state index in [9.17, 15) is 9.90 Å². The minimum Gasteiger partial charge on any atom is -0.504 e. The van der Waals surface area contributed by atoms with Crippen molar-refractivity contribution in [3.8, 4) is 11.5 Å². The van der Waals surface area contributed by atoms with Gasteiger partial charge in [0.05, 0.1) is 19.3 Å². The predicted octanol–water partition coefficient (Wildman–Crippen LogP) is 3.92. The van der Waals surface area contributed by atoms with Gasteiger partial charge in [-0.05, 0) is 24.6 Å². The van der Waals surface area contributed by atoms with Crippen molar-refractivity contribution in [2.45, 2.75) is 45.4 Å². The quantitative estimate of drug-likeness (QED) is 0.550. The van der Waals surface area contributed by atoms with Gasteiger partial charge in [-0.3, -0.25) is 0 Å². The molecule has 0 fully saturated rings. The maximum atomic E-state index is 11.8. The van der Waals surface area contributed by atoms with Crippen molar-refractivity contribution in [2.24, 2.45) is 0 Å². The molecule has 1 aromatic rings. The number of carbonyl (C=O) groups excluding carboxylic acids is 1. The van der Waals surface area contributed by atoms with Crippen LogP contribution >= 0.6 is 0 Å². The van der Waals surface area contributed by atoms with Gasteiger partial charge in [-0.15, -0.1) is 0 Å². The summed E-state index contributed by atoms with van der Waals surface area (Å²) < 4.78 is 10.2. The van der Waals surface area contributed by atoms with Crippen molar-refractivity contribution in [2.75, 3.05) is 13.7 Å². The number of rotatable bonds is 9. The fraction of sp³-hybridized carbons (Fsp3) is 0.562. The number of aromatic hydroxyl groups is 1. The predicted molar refractivity (Wildman–Crippen MR) is 78.3 cm³/mol. The molecular weight excluding hydrogens is 256 g/mol. The van der Waals surface area contributed by atoms with E-state index in [2.05, 4.69) is 6.92 Å². The van der Waals surface area contributed by atoms with Gasteiger partial charge in [-0.2, -0.15) is 0 Å². The molecule has 1 N–H and O–H groups in total. The van der Waals surface area contributed by atoms with Gasteiger partial charge < -0.3 is 14.6 Å². The maximum Gasteiger partial charge on any atom is 0.338 e. The molecule has 20 heavy (non-hydrogen) atoms. The molecule has 0 saturated carbocycles. The molecule has 4 heteroatoms. The minimum absolute atomic E-state index is 0.0139. The SMILES string of the molecule is CCCCCCCCOC(=O)c1ccc(O)c(OC)c1. The first kappa shape index (κ1) is 16.3. The largest absolute Gasteiger partial charge is 0.504 e. The van der Waals surface area contributed by atoms with Crippen LogP contribution in [0, 0.1) is 0 Å². The van der Waals surface area contributed by atoms with Crippen LogP contribution in [0.25, 0.3) is 0 Å². The van der Waals surface area contributed by atoms with Crippen molar-refractivity contribution in [1.82, 2.24) is 0 Å². The molecule has 0 unspecified atom stereocenters. The Balaban J connectivity index is 2.29. The second kappa shape index (κ2) is 9.23. The topological polar surface area (TPSA) is 55.8 Å². The summed E-state index contributed by atoms with van der Waals surface area (Å²) in [6.45, 7) is 2.63. The van der Waals surface area contributed by atoms with Crippen LogP contribution in [0.4, 0.5) is 0 Å². The smallest absolute Gasteiger partial charge is 0.338 e. The van der Waals surface area contributed by atoms with Crippen LogP contribution in [-0.4, -0.2) is 24.8 Å². The maximum absolute atomic E-state index is 11.8. The van der Waals surface area contributed by atoms with Gasteiger partial charge in [0.25, 0.3) is 0 Å². The average molecular weight is 280 g/mol. The van der Waals surface area contributed by atoms with E-state index in [1.54, 1.807) is 0 Å². The van der Waals surface area contributed by atoms with Crippen molar-refractivity contribution in [3.63, 3.8) is 0 Å². The Bertz CT molecular complexity index is 415. The monoisotopic (exact) mass is 280 g/mol. The standard InChI is InChI=1S/C16H24O4/c1-3-4-5-6-7-8-11-20-16(18)13-9-10-14(17)15(12-13)19-2/h9-10,12,17H,3-8,11H2,1-2H3. The molecule has 0 saturated heterocycles. The summed E-state index contributed by atoms with van der Waals surface area (Å²) in [5.41, 5.74) is 0.394. The fourth-order valence-electron chi connectivity index (χ4n) is 1.94. The number of carbonyl (C=O) groups is 1. The van der Waals surface area contributed by atoms with E-state index in [1.165, 1.54) is 51.0 Å². The highest BCUT2D eigenvalue weighted by atomic mass is 16.5. The Hall–Kier alpha value is -1.71. The van der Waals surface area contributed by atoms with Gasteiger partial charge in [-0.25, -0.2) is 4.79 Å². The van der Waals surface area contributed by atoms with E-state index < -0.39 is 0 Å². The summed E-state index contributed by atoms with van der Waals surface area (Å²) in [6.07, 6.45) is 6.93. The van der Waals surface area contributed by atoms with Crippen LogP contribution in [0.1, 0.15) is 55.8 Å². The highest BCUT2D eigenvalue weighted by Crippen LogP contribution is 2.26. The summed E-state index contributed by atoms with van der Waals surface area (Å²) in [6, 6.07) is 4.44.